The van der Waals surface area contributed by atoms with Gasteiger partial charge in [-0.25, -0.2) is 4.79 Å². The van der Waals surface area contributed by atoms with E-state index < -0.39 is 11.6 Å². The van der Waals surface area contributed by atoms with E-state index in [0.29, 0.717) is 28.6 Å². The van der Waals surface area contributed by atoms with Gasteiger partial charge < -0.3 is 5.32 Å². The van der Waals surface area contributed by atoms with Gasteiger partial charge in [-0.15, -0.1) is 0 Å². The normalized spacial score (nSPS) is 10.5. The number of rotatable bonds is 5. The molecule has 0 aliphatic rings. The molecule has 7 nitrogen and oxygen atoms in total. The van der Waals surface area contributed by atoms with Crippen molar-refractivity contribution in [3.05, 3.63) is 74.9 Å². The molecule has 0 aliphatic heterocycles. The number of amides is 1. The van der Waals surface area contributed by atoms with Gasteiger partial charge in [0, 0.05) is 12.2 Å². The molecule has 3 rings (SSSR count). The molecule has 0 saturated carbocycles. The average Bonchev–Trinajstić information content (AvgIpc) is 2.68. The minimum absolute atomic E-state index is 0.236. The van der Waals surface area contributed by atoms with Gasteiger partial charge in [-0.3, -0.25) is 18.7 Å². The lowest BCUT2D eigenvalue weighted by Gasteiger charge is -2.13. The summed E-state index contributed by atoms with van der Waals surface area (Å²) in [6.45, 7) is 1.93. The van der Waals surface area contributed by atoms with Crippen molar-refractivity contribution in [3.63, 3.8) is 0 Å². The molecule has 1 N–H and O–H groups in total. The highest BCUT2D eigenvalue weighted by Gasteiger charge is 2.15. The Hall–Kier alpha value is -3.66. The van der Waals surface area contributed by atoms with Crippen LogP contribution in [-0.4, -0.2) is 15.0 Å². The predicted molar refractivity (Wildman–Crippen MR) is 103 cm³/mol. The molecule has 0 bridgehead atoms. The Labute approximate surface area is 155 Å². The number of hydrogen-bond acceptors (Lipinski definition) is 4. The summed E-state index contributed by atoms with van der Waals surface area (Å²) in [5.74, 6) is -0.418. The van der Waals surface area contributed by atoms with Gasteiger partial charge in [0.2, 0.25) is 5.91 Å². The number of hydrogen-bond donors (Lipinski definition) is 1. The van der Waals surface area contributed by atoms with E-state index in [1.54, 1.807) is 48.5 Å². The quantitative estimate of drug-likeness (QED) is 0.751. The van der Waals surface area contributed by atoms with Gasteiger partial charge in [-0.2, -0.15) is 5.26 Å². The number of carbonyl (C=O) groups excluding carboxylic acids is 1. The molecule has 1 heterocycles. The summed E-state index contributed by atoms with van der Waals surface area (Å²) in [4.78, 5) is 37.8. The summed E-state index contributed by atoms with van der Waals surface area (Å²) < 4.78 is 2.46. The first-order valence-electron chi connectivity index (χ1n) is 8.57. The Morgan fingerprint density at radius 2 is 1.89 bits per heavy atom. The van der Waals surface area contributed by atoms with E-state index in [1.165, 1.54) is 4.57 Å². The average molecular weight is 362 g/mol. The van der Waals surface area contributed by atoms with Crippen molar-refractivity contribution in [2.45, 2.75) is 26.4 Å². The maximum Gasteiger partial charge on any atom is 0.331 e. The number of nitrogens with zero attached hydrogens (tertiary/aromatic N) is 3. The van der Waals surface area contributed by atoms with Crippen molar-refractivity contribution >= 4 is 22.5 Å². The zero-order valence-corrected chi connectivity index (χ0v) is 14.8. The summed E-state index contributed by atoms with van der Waals surface area (Å²) in [7, 11) is 0. The van der Waals surface area contributed by atoms with E-state index in [2.05, 4.69) is 5.32 Å². The van der Waals surface area contributed by atoms with Gasteiger partial charge >= 0.3 is 5.69 Å². The first-order chi connectivity index (χ1) is 13.0. The molecule has 3 aromatic rings. The lowest BCUT2D eigenvalue weighted by Crippen LogP contribution is -2.41. The topological polar surface area (TPSA) is 96.9 Å². The minimum Gasteiger partial charge on any atom is -0.324 e. The summed E-state index contributed by atoms with van der Waals surface area (Å²) in [6.07, 6.45) is 0.626. The highest BCUT2D eigenvalue weighted by molar-refractivity contribution is 5.91. The van der Waals surface area contributed by atoms with Crippen LogP contribution in [0.1, 0.15) is 18.9 Å². The highest BCUT2D eigenvalue weighted by atomic mass is 16.2. The first-order valence-corrected chi connectivity index (χ1v) is 8.57. The molecule has 136 valence electrons. The maximum atomic E-state index is 12.8. The Morgan fingerprint density at radius 3 is 2.63 bits per heavy atom. The SMILES string of the molecule is CCCn1c(=O)c2ccccc2n(CC(=O)Nc2cccc(C#N)c2)c1=O. The summed E-state index contributed by atoms with van der Waals surface area (Å²) in [6, 6.07) is 15.3. The molecule has 1 aromatic heterocycles. The molecule has 0 saturated heterocycles. The molecule has 0 radical (unpaired) electrons. The molecule has 0 atom stereocenters. The Kier molecular flexibility index (Phi) is 5.18. The second-order valence-electron chi connectivity index (χ2n) is 6.08. The lowest BCUT2D eigenvalue weighted by atomic mass is 10.2. The Bertz CT molecular complexity index is 1170. The van der Waals surface area contributed by atoms with Crippen LogP contribution in [0, 0.1) is 11.3 Å². The van der Waals surface area contributed by atoms with Crippen LogP contribution in [0.3, 0.4) is 0 Å². The van der Waals surface area contributed by atoms with Crippen molar-refractivity contribution < 1.29 is 4.79 Å². The van der Waals surface area contributed by atoms with E-state index in [9.17, 15) is 14.4 Å². The van der Waals surface area contributed by atoms with Gasteiger partial charge in [0.15, 0.2) is 0 Å². The van der Waals surface area contributed by atoms with E-state index >= 15 is 0 Å². The van der Waals surface area contributed by atoms with Crippen LogP contribution < -0.4 is 16.6 Å². The number of anilines is 1. The molecule has 1 amide bonds. The number of aromatic nitrogens is 2. The van der Waals surface area contributed by atoms with E-state index in [-0.39, 0.29) is 18.6 Å². The second kappa shape index (κ2) is 7.70. The summed E-state index contributed by atoms with van der Waals surface area (Å²) >= 11 is 0. The molecular formula is C20H18N4O3. The number of benzene rings is 2. The van der Waals surface area contributed by atoms with Gasteiger partial charge in [0.25, 0.3) is 5.56 Å². The lowest BCUT2D eigenvalue weighted by molar-refractivity contribution is -0.116. The van der Waals surface area contributed by atoms with Crippen molar-refractivity contribution in [3.8, 4) is 6.07 Å². The van der Waals surface area contributed by atoms with Crippen LogP contribution in [-0.2, 0) is 17.9 Å². The standard InChI is InChI=1S/C20H18N4O3/c1-2-10-23-19(26)16-8-3-4-9-17(16)24(20(23)27)13-18(25)22-15-7-5-6-14(11-15)12-21/h3-9,11H,2,10,13H2,1H3,(H,22,25). The fraction of sp³-hybridized carbons (Fsp3) is 0.200. The van der Waals surface area contributed by atoms with E-state index in [4.69, 9.17) is 5.26 Å². The smallest absolute Gasteiger partial charge is 0.324 e. The van der Waals surface area contributed by atoms with Crippen molar-refractivity contribution in [1.82, 2.24) is 9.13 Å². The molecule has 2 aromatic carbocycles. The van der Waals surface area contributed by atoms with Crippen molar-refractivity contribution in [1.29, 1.82) is 5.26 Å². The predicted octanol–water partition coefficient (Wildman–Crippen LogP) is 2.08. The van der Waals surface area contributed by atoms with Crippen LogP contribution >= 0.6 is 0 Å². The molecular weight excluding hydrogens is 344 g/mol. The van der Waals surface area contributed by atoms with Crippen molar-refractivity contribution in [2.24, 2.45) is 0 Å². The van der Waals surface area contributed by atoms with Crippen LogP contribution in [0.25, 0.3) is 10.9 Å². The third-order valence-electron chi connectivity index (χ3n) is 4.16. The second-order valence-corrected chi connectivity index (χ2v) is 6.08. The number of carbonyl (C=O) groups is 1. The van der Waals surface area contributed by atoms with E-state index in [1.807, 2.05) is 13.0 Å². The molecule has 0 aliphatic carbocycles. The molecule has 0 fully saturated rings. The Morgan fingerprint density at radius 1 is 1.11 bits per heavy atom. The molecule has 0 unspecified atom stereocenters. The van der Waals surface area contributed by atoms with Gasteiger partial charge in [-0.1, -0.05) is 25.1 Å². The molecule has 27 heavy (non-hydrogen) atoms. The number of nitrogens with one attached hydrogen (secondary N) is 1. The zero-order chi connectivity index (χ0) is 19.4. The van der Waals surface area contributed by atoms with Crippen LogP contribution in [0.15, 0.2) is 58.1 Å². The summed E-state index contributed by atoms with van der Waals surface area (Å²) in [5, 5.41) is 12.0. The largest absolute Gasteiger partial charge is 0.331 e. The van der Waals surface area contributed by atoms with Crippen LogP contribution in [0.5, 0.6) is 0 Å². The maximum absolute atomic E-state index is 12.8. The highest BCUT2D eigenvalue weighted by Crippen LogP contribution is 2.11. The summed E-state index contributed by atoms with van der Waals surface area (Å²) in [5.41, 5.74) is 0.447. The van der Waals surface area contributed by atoms with Crippen molar-refractivity contribution in [2.75, 3.05) is 5.32 Å². The number of fused-ring (bicyclic) bond motifs is 1. The third-order valence-corrected chi connectivity index (χ3v) is 4.16. The van der Waals surface area contributed by atoms with Gasteiger partial charge in [0.1, 0.15) is 6.54 Å². The monoisotopic (exact) mass is 362 g/mol. The first kappa shape index (κ1) is 18.1. The van der Waals surface area contributed by atoms with Gasteiger partial charge in [0.05, 0.1) is 22.5 Å². The van der Waals surface area contributed by atoms with E-state index in [0.717, 1.165) is 4.57 Å². The molecule has 7 heteroatoms. The fourth-order valence-electron chi connectivity index (χ4n) is 2.96. The fourth-order valence-corrected chi connectivity index (χ4v) is 2.96. The third kappa shape index (κ3) is 3.65. The van der Waals surface area contributed by atoms with Crippen LogP contribution in [0.2, 0.25) is 0 Å². The Balaban J connectivity index is 2.01. The molecule has 0 spiro atoms. The van der Waals surface area contributed by atoms with Crippen LogP contribution in [0.4, 0.5) is 5.69 Å². The van der Waals surface area contributed by atoms with Gasteiger partial charge in [-0.05, 0) is 36.8 Å². The minimum atomic E-state index is -0.513. The zero-order valence-electron chi connectivity index (χ0n) is 14.8. The number of para-hydroxylation sites is 1. The number of nitriles is 1.